The molecule has 0 spiro atoms. The molecule has 19 heavy (non-hydrogen) atoms. The maximum atomic E-state index is 11.7. The van der Waals surface area contributed by atoms with Gasteiger partial charge in [0.1, 0.15) is 0 Å². The van der Waals surface area contributed by atoms with Crippen LogP contribution in [0.25, 0.3) is 6.08 Å². The molecule has 1 amide bonds. The Morgan fingerprint density at radius 1 is 1.21 bits per heavy atom. The molecular weight excluding hydrogens is 234 g/mol. The highest BCUT2D eigenvalue weighted by atomic mass is 16.1. The number of carbonyl (C=O) groups excluding carboxylic acids is 1. The molecule has 0 unspecified atom stereocenters. The van der Waals surface area contributed by atoms with Gasteiger partial charge in [0.05, 0.1) is 0 Å². The number of hydrogen-bond donors (Lipinski definition) is 1. The number of aryl methyl sites for hydroxylation is 3. The highest BCUT2D eigenvalue weighted by Gasteiger charge is 2.17. The van der Waals surface area contributed by atoms with Crippen LogP contribution in [0, 0.1) is 26.7 Å². The summed E-state index contributed by atoms with van der Waals surface area (Å²) < 4.78 is 0. The lowest BCUT2D eigenvalue weighted by atomic mass is 9.85. The van der Waals surface area contributed by atoms with E-state index in [0.29, 0.717) is 5.92 Å². The Labute approximate surface area is 115 Å². The zero-order valence-electron chi connectivity index (χ0n) is 12.1. The van der Waals surface area contributed by atoms with Crippen molar-refractivity contribution in [2.45, 2.75) is 40.0 Å². The fourth-order valence-corrected chi connectivity index (χ4v) is 2.33. The zero-order chi connectivity index (χ0) is 13.8. The van der Waals surface area contributed by atoms with Crippen LogP contribution in [0.2, 0.25) is 0 Å². The van der Waals surface area contributed by atoms with Crippen LogP contribution < -0.4 is 5.32 Å². The van der Waals surface area contributed by atoms with Gasteiger partial charge in [-0.15, -0.1) is 0 Å². The summed E-state index contributed by atoms with van der Waals surface area (Å²) in [6.45, 7) is 7.12. The predicted molar refractivity (Wildman–Crippen MR) is 80.0 cm³/mol. The molecule has 0 bridgehead atoms. The van der Waals surface area contributed by atoms with Crippen LogP contribution in [0.5, 0.6) is 0 Å². The number of rotatable bonds is 4. The topological polar surface area (TPSA) is 29.1 Å². The van der Waals surface area contributed by atoms with Gasteiger partial charge in [0.2, 0.25) is 5.91 Å². The number of nitrogens with one attached hydrogen (secondary N) is 1. The number of amides is 1. The summed E-state index contributed by atoms with van der Waals surface area (Å²) in [5.41, 5.74) is 4.90. The highest BCUT2D eigenvalue weighted by Crippen LogP contribution is 2.25. The average molecular weight is 257 g/mol. The Hall–Kier alpha value is -1.57. The number of carbonyl (C=O) groups is 1. The Kier molecular flexibility index (Phi) is 4.41. The SMILES string of the molecule is Cc1cc(C)c(/C=C/C(=O)NCC2CCC2)cc1C. The fraction of sp³-hybridized carbons (Fsp3) is 0.471. The van der Waals surface area contributed by atoms with Crippen LogP contribution in [-0.2, 0) is 4.79 Å². The molecule has 0 heterocycles. The third-order valence-electron chi connectivity index (χ3n) is 4.09. The van der Waals surface area contributed by atoms with E-state index in [4.69, 9.17) is 0 Å². The molecule has 0 aliphatic heterocycles. The summed E-state index contributed by atoms with van der Waals surface area (Å²) in [6.07, 6.45) is 7.41. The van der Waals surface area contributed by atoms with E-state index in [0.717, 1.165) is 12.1 Å². The molecule has 1 N–H and O–H groups in total. The summed E-state index contributed by atoms with van der Waals surface area (Å²) in [4.78, 5) is 11.7. The Balaban J connectivity index is 1.93. The minimum Gasteiger partial charge on any atom is -0.352 e. The summed E-state index contributed by atoms with van der Waals surface area (Å²) in [6, 6.07) is 4.31. The van der Waals surface area contributed by atoms with Crippen molar-refractivity contribution >= 4 is 12.0 Å². The van der Waals surface area contributed by atoms with E-state index < -0.39 is 0 Å². The predicted octanol–water partition coefficient (Wildman–Crippen LogP) is 3.54. The molecule has 1 aromatic rings. The lowest BCUT2D eigenvalue weighted by Crippen LogP contribution is -2.30. The summed E-state index contributed by atoms with van der Waals surface area (Å²) in [5.74, 6) is 0.727. The molecule has 0 saturated heterocycles. The second-order valence-corrected chi connectivity index (χ2v) is 5.67. The van der Waals surface area contributed by atoms with Gasteiger partial charge in [0, 0.05) is 12.6 Å². The quantitative estimate of drug-likeness (QED) is 0.821. The van der Waals surface area contributed by atoms with Crippen molar-refractivity contribution < 1.29 is 4.79 Å². The van der Waals surface area contributed by atoms with Gasteiger partial charge in [0.15, 0.2) is 0 Å². The van der Waals surface area contributed by atoms with Crippen molar-refractivity contribution in [1.29, 1.82) is 0 Å². The van der Waals surface area contributed by atoms with Gasteiger partial charge in [-0.1, -0.05) is 18.6 Å². The largest absolute Gasteiger partial charge is 0.352 e. The monoisotopic (exact) mass is 257 g/mol. The molecular formula is C17H23NO. The molecule has 1 aliphatic carbocycles. The number of hydrogen-bond acceptors (Lipinski definition) is 1. The van der Waals surface area contributed by atoms with Crippen LogP contribution in [0.4, 0.5) is 0 Å². The van der Waals surface area contributed by atoms with Crippen LogP contribution in [0.1, 0.15) is 41.5 Å². The molecule has 2 nitrogen and oxygen atoms in total. The molecule has 0 radical (unpaired) electrons. The van der Waals surface area contributed by atoms with Crippen LogP contribution >= 0.6 is 0 Å². The molecule has 0 atom stereocenters. The lowest BCUT2D eigenvalue weighted by molar-refractivity contribution is -0.116. The fourth-order valence-electron chi connectivity index (χ4n) is 2.33. The van der Waals surface area contributed by atoms with Crippen molar-refractivity contribution in [3.05, 3.63) is 40.5 Å². The summed E-state index contributed by atoms with van der Waals surface area (Å²) >= 11 is 0. The van der Waals surface area contributed by atoms with Gasteiger partial charge in [-0.3, -0.25) is 4.79 Å². The van der Waals surface area contributed by atoms with Gasteiger partial charge in [-0.05, 0) is 67.9 Å². The molecule has 0 aromatic heterocycles. The van der Waals surface area contributed by atoms with Gasteiger partial charge in [-0.2, -0.15) is 0 Å². The standard InChI is InChI=1S/C17H23NO/c1-12-9-14(3)16(10-13(12)2)7-8-17(19)18-11-15-5-4-6-15/h7-10,15H,4-6,11H2,1-3H3,(H,18,19)/b8-7+. The van der Waals surface area contributed by atoms with E-state index in [9.17, 15) is 4.79 Å². The second kappa shape index (κ2) is 6.05. The van der Waals surface area contributed by atoms with E-state index in [1.165, 1.54) is 36.0 Å². The maximum absolute atomic E-state index is 11.7. The van der Waals surface area contributed by atoms with Gasteiger partial charge >= 0.3 is 0 Å². The third kappa shape index (κ3) is 3.69. The average Bonchev–Trinajstić information content (AvgIpc) is 2.30. The van der Waals surface area contributed by atoms with Crippen molar-refractivity contribution in [2.75, 3.05) is 6.54 Å². The van der Waals surface area contributed by atoms with Crippen molar-refractivity contribution in [2.24, 2.45) is 5.92 Å². The number of benzene rings is 1. The third-order valence-corrected chi connectivity index (χ3v) is 4.09. The van der Waals surface area contributed by atoms with Crippen LogP contribution in [-0.4, -0.2) is 12.5 Å². The first kappa shape index (κ1) is 13.9. The second-order valence-electron chi connectivity index (χ2n) is 5.67. The van der Waals surface area contributed by atoms with E-state index in [1.807, 2.05) is 6.08 Å². The Morgan fingerprint density at radius 3 is 2.53 bits per heavy atom. The van der Waals surface area contributed by atoms with Crippen molar-refractivity contribution in [3.8, 4) is 0 Å². The maximum Gasteiger partial charge on any atom is 0.244 e. The first-order valence-corrected chi connectivity index (χ1v) is 7.10. The van der Waals surface area contributed by atoms with Gasteiger partial charge in [0.25, 0.3) is 0 Å². The van der Waals surface area contributed by atoms with Crippen LogP contribution in [0.15, 0.2) is 18.2 Å². The zero-order valence-corrected chi connectivity index (χ0v) is 12.1. The van der Waals surface area contributed by atoms with Crippen molar-refractivity contribution in [3.63, 3.8) is 0 Å². The van der Waals surface area contributed by atoms with E-state index >= 15 is 0 Å². The molecule has 2 rings (SSSR count). The first-order chi connectivity index (χ1) is 9.06. The molecule has 1 aliphatic rings. The van der Waals surface area contributed by atoms with Crippen molar-refractivity contribution in [1.82, 2.24) is 5.32 Å². The molecule has 1 saturated carbocycles. The minimum atomic E-state index is 0.0181. The molecule has 102 valence electrons. The van der Waals surface area contributed by atoms with E-state index in [2.05, 4.69) is 38.2 Å². The first-order valence-electron chi connectivity index (χ1n) is 7.10. The normalized spacial score (nSPS) is 15.5. The van der Waals surface area contributed by atoms with Gasteiger partial charge < -0.3 is 5.32 Å². The van der Waals surface area contributed by atoms with E-state index in [-0.39, 0.29) is 5.91 Å². The molecule has 2 heteroatoms. The lowest BCUT2D eigenvalue weighted by Gasteiger charge is -2.24. The minimum absolute atomic E-state index is 0.0181. The summed E-state index contributed by atoms with van der Waals surface area (Å²) in [7, 11) is 0. The smallest absolute Gasteiger partial charge is 0.244 e. The summed E-state index contributed by atoms with van der Waals surface area (Å²) in [5, 5.41) is 2.97. The Morgan fingerprint density at radius 2 is 1.89 bits per heavy atom. The molecule has 1 aromatic carbocycles. The Bertz CT molecular complexity index is 498. The molecule has 1 fully saturated rings. The van der Waals surface area contributed by atoms with Crippen LogP contribution in [0.3, 0.4) is 0 Å². The van der Waals surface area contributed by atoms with E-state index in [1.54, 1.807) is 6.08 Å². The van der Waals surface area contributed by atoms with Gasteiger partial charge in [-0.25, -0.2) is 0 Å². The highest BCUT2D eigenvalue weighted by molar-refractivity contribution is 5.91.